The van der Waals surface area contributed by atoms with Crippen molar-refractivity contribution in [3.05, 3.63) is 0 Å². The highest BCUT2D eigenvalue weighted by molar-refractivity contribution is 4.92. The van der Waals surface area contributed by atoms with E-state index >= 15 is 0 Å². The summed E-state index contributed by atoms with van der Waals surface area (Å²) in [5.74, 6) is 0.834. The van der Waals surface area contributed by atoms with Crippen molar-refractivity contribution in [3.63, 3.8) is 0 Å². The average molecular weight is 268 g/mol. The lowest BCUT2D eigenvalue weighted by Crippen LogP contribution is -2.47. The molecule has 2 fully saturated rings. The van der Waals surface area contributed by atoms with Crippen molar-refractivity contribution in [2.75, 3.05) is 26.2 Å². The molecule has 112 valence electrons. The fourth-order valence-electron chi connectivity index (χ4n) is 4.09. The van der Waals surface area contributed by atoms with Gasteiger partial charge in [0.05, 0.1) is 6.10 Å². The highest BCUT2D eigenvalue weighted by atomic mass is 16.3. The standard InChI is InChI=1S/C16H32N2O/c1-4-13-7-8-16(19)15(11-13)18-10-9-14(12-18)17(5-2)6-3/h13-16,19H,4-12H2,1-3H3. The van der Waals surface area contributed by atoms with E-state index in [9.17, 15) is 5.11 Å². The minimum atomic E-state index is -0.0850. The van der Waals surface area contributed by atoms with Crippen molar-refractivity contribution < 1.29 is 5.11 Å². The Labute approximate surface area is 119 Å². The van der Waals surface area contributed by atoms with E-state index in [2.05, 4.69) is 30.6 Å². The summed E-state index contributed by atoms with van der Waals surface area (Å²) in [6.07, 6.45) is 5.91. The fraction of sp³-hybridized carbons (Fsp3) is 1.00. The molecule has 1 aliphatic heterocycles. The third kappa shape index (κ3) is 3.50. The van der Waals surface area contributed by atoms with Crippen molar-refractivity contribution in [2.45, 2.75) is 71.1 Å². The molecule has 0 amide bonds. The van der Waals surface area contributed by atoms with E-state index in [4.69, 9.17) is 0 Å². The van der Waals surface area contributed by atoms with Crippen LogP contribution in [0.5, 0.6) is 0 Å². The molecule has 4 unspecified atom stereocenters. The maximum absolute atomic E-state index is 10.3. The first-order valence-electron chi connectivity index (χ1n) is 8.35. The van der Waals surface area contributed by atoms with Gasteiger partial charge in [-0.1, -0.05) is 27.2 Å². The van der Waals surface area contributed by atoms with Crippen LogP contribution in [-0.2, 0) is 0 Å². The van der Waals surface area contributed by atoms with Gasteiger partial charge in [0.15, 0.2) is 0 Å². The molecule has 1 heterocycles. The molecule has 1 aliphatic carbocycles. The van der Waals surface area contributed by atoms with Gasteiger partial charge in [-0.15, -0.1) is 0 Å². The van der Waals surface area contributed by atoms with E-state index in [1.807, 2.05) is 0 Å². The molecule has 1 saturated heterocycles. The normalized spacial score (nSPS) is 37.1. The van der Waals surface area contributed by atoms with Crippen molar-refractivity contribution in [2.24, 2.45) is 5.92 Å². The lowest BCUT2D eigenvalue weighted by atomic mass is 9.82. The predicted octanol–water partition coefficient (Wildman–Crippen LogP) is 2.34. The smallest absolute Gasteiger partial charge is 0.0695 e. The zero-order valence-corrected chi connectivity index (χ0v) is 13.0. The number of likely N-dealkylation sites (N-methyl/N-ethyl adjacent to an activating group) is 1. The molecule has 4 atom stereocenters. The molecular weight excluding hydrogens is 236 g/mol. The van der Waals surface area contributed by atoms with E-state index < -0.39 is 0 Å². The van der Waals surface area contributed by atoms with Crippen LogP contribution in [0.1, 0.15) is 52.9 Å². The van der Waals surface area contributed by atoms with Crippen LogP contribution in [0.3, 0.4) is 0 Å². The van der Waals surface area contributed by atoms with Gasteiger partial charge in [0.25, 0.3) is 0 Å². The van der Waals surface area contributed by atoms with Crippen LogP contribution in [0.25, 0.3) is 0 Å². The van der Waals surface area contributed by atoms with Gasteiger partial charge >= 0.3 is 0 Å². The first kappa shape index (κ1) is 15.3. The number of hydrogen-bond acceptors (Lipinski definition) is 3. The van der Waals surface area contributed by atoms with Crippen molar-refractivity contribution in [1.29, 1.82) is 0 Å². The van der Waals surface area contributed by atoms with E-state index in [1.54, 1.807) is 0 Å². The molecule has 0 radical (unpaired) electrons. The van der Waals surface area contributed by atoms with E-state index in [-0.39, 0.29) is 6.10 Å². The Bertz CT molecular complexity index is 267. The first-order valence-corrected chi connectivity index (χ1v) is 8.35. The van der Waals surface area contributed by atoms with Crippen LogP contribution in [0, 0.1) is 5.92 Å². The van der Waals surface area contributed by atoms with Gasteiger partial charge in [0.1, 0.15) is 0 Å². The molecule has 3 nitrogen and oxygen atoms in total. The minimum absolute atomic E-state index is 0.0850. The predicted molar refractivity (Wildman–Crippen MR) is 80.3 cm³/mol. The van der Waals surface area contributed by atoms with Gasteiger partial charge in [-0.3, -0.25) is 9.80 Å². The van der Waals surface area contributed by atoms with E-state index in [0.29, 0.717) is 12.1 Å². The molecule has 0 aromatic rings. The Morgan fingerprint density at radius 2 is 1.84 bits per heavy atom. The molecule has 3 heteroatoms. The Morgan fingerprint density at radius 3 is 2.47 bits per heavy atom. The zero-order valence-electron chi connectivity index (χ0n) is 13.0. The number of aliphatic hydroxyl groups is 1. The highest BCUT2D eigenvalue weighted by Crippen LogP contribution is 2.32. The molecule has 0 aromatic heterocycles. The summed E-state index contributed by atoms with van der Waals surface area (Å²) < 4.78 is 0. The third-order valence-electron chi connectivity index (χ3n) is 5.46. The van der Waals surface area contributed by atoms with E-state index in [0.717, 1.165) is 25.4 Å². The molecule has 2 aliphatic rings. The Hall–Kier alpha value is -0.120. The highest BCUT2D eigenvalue weighted by Gasteiger charge is 2.37. The summed E-state index contributed by atoms with van der Waals surface area (Å²) >= 11 is 0. The summed E-state index contributed by atoms with van der Waals surface area (Å²) in [4.78, 5) is 5.15. The maximum atomic E-state index is 10.3. The summed E-state index contributed by atoms with van der Waals surface area (Å²) in [6, 6.07) is 1.14. The topological polar surface area (TPSA) is 26.7 Å². The van der Waals surface area contributed by atoms with Gasteiger partial charge in [-0.05, 0) is 44.7 Å². The zero-order chi connectivity index (χ0) is 13.8. The minimum Gasteiger partial charge on any atom is -0.391 e. The SMILES string of the molecule is CCC1CCC(O)C(N2CCC(N(CC)CC)C2)C1. The van der Waals surface area contributed by atoms with E-state index in [1.165, 1.54) is 38.8 Å². The largest absolute Gasteiger partial charge is 0.391 e. The number of nitrogens with zero attached hydrogens (tertiary/aromatic N) is 2. The van der Waals surface area contributed by atoms with Crippen LogP contribution in [0.4, 0.5) is 0 Å². The van der Waals surface area contributed by atoms with Crippen LogP contribution >= 0.6 is 0 Å². The average Bonchev–Trinajstić information content (AvgIpc) is 2.90. The summed E-state index contributed by atoms with van der Waals surface area (Å²) in [5, 5.41) is 10.3. The first-order chi connectivity index (χ1) is 9.19. The Morgan fingerprint density at radius 1 is 1.11 bits per heavy atom. The Balaban J connectivity index is 1.91. The van der Waals surface area contributed by atoms with Crippen molar-refractivity contribution >= 4 is 0 Å². The summed E-state index contributed by atoms with van der Waals surface area (Å²) in [7, 11) is 0. The molecular formula is C16H32N2O. The lowest BCUT2D eigenvalue weighted by Gasteiger charge is -2.39. The van der Waals surface area contributed by atoms with Crippen molar-refractivity contribution in [3.8, 4) is 0 Å². The molecule has 1 N–H and O–H groups in total. The molecule has 2 rings (SSSR count). The second kappa shape index (κ2) is 7.05. The van der Waals surface area contributed by atoms with Crippen LogP contribution in [0.15, 0.2) is 0 Å². The summed E-state index contributed by atoms with van der Waals surface area (Å²) in [5.41, 5.74) is 0. The molecule has 0 bridgehead atoms. The van der Waals surface area contributed by atoms with Gasteiger partial charge in [-0.2, -0.15) is 0 Å². The number of rotatable bonds is 5. The van der Waals surface area contributed by atoms with Crippen LogP contribution < -0.4 is 0 Å². The molecule has 0 spiro atoms. The van der Waals surface area contributed by atoms with Crippen LogP contribution in [-0.4, -0.2) is 59.3 Å². The maximum Gasteiger partial charge on any atom is 0.0695 e. The third-order valence-corrected chi connectivity index (χ3v) is 5.46. The van der Waals surface area contributed by atoms with Gasteiger partial charge in [0.2, 0.25) is 0 Å². The van der Waals surface area contributed by atoms with Gasteiger partial charge < -0.3 is 5.11 Å². The number of likely N-dealkylation sites (tertiary alicyclic amines) is 1. The van der Waals surface area contributed by atoms with Crippen molar-refractivity contribution in [1.82, 2.24) is 9.80 Å². The second-order valence-electron chi connectivity index (χ2n) is 6.38. The molecule has 1 saturated carbocycles. The monoisotopic (exact) mass is 268 g/mol. The second-order valence-corrected chi connectivity index (χ2v) is 6.38. The van der Waals surface area contributed by atoms with Gasteiger partial charge in [0, 0.05) is 25.2 Å². The Kier molecular flexibility index (Phi) is 5.67. The quantitative estimate of drug-likeness (QED) is 0.829. The lowest BCUT2D eigenvalue weighted by molar-refractivity contribution is 0.00962. The number of aliphatic hydroxyl groups excluding tert-OH is 1. The molecule has 19 heavy (non-hydrogen) atoms. The van der Waals surface area contributed by atoms with Crippen LogP contribution in [0.2, 0.25) is 0 Å². The number of hydrogen-bond donors (Lipinski definition) is 1. The van der Waals surface area contributed by atoms with Gasteiger partial charge in [-0.25, -0.2) is 0 Å². The molecule has 0 aromatic carbocycles. The fourth-order valence-corrected chi connectivity index (χ4v) is 4.09. The summed E-state index contributed by atoms with van der Waals surface area (Å²) in [6.45, 7) is 11.5.